The largest absolute Gasteiger partial charge is 0.481 e. The van der Waals surface area contributed by atoms with Gasteiger partial charge in [0.15, 0.2) is 0 Å². The van der Waals surface area contributed by atoms with E-state index in [-0.39, 0.29) is 18.0 Å². The van der Waals surface area contributed by atoms with Gasteiger partial charge in [0, 0.05) is 56.1 Å². The number of carbonyl (C=O) groups is 1. The molecule has 5 atom stereocenters. The third-order valence-electron chi connectivity index (χ3n) is 12.1. The van der Waals surface area contributed by atoms with Crippen LogP contribution in [0.2, 0.25) is 0 Å². The fourth-order valence-corrected chi connectivity index (χ4v) is 9.46. The van der Waals surface area contributed by atoms with Crippen molar-refractivity contribution in [2.75, 3.05) is 23.8 Å². The number of carboxylic acids is 1. The molecule has 4 aliphatic rings. The van der Waals surface area contributed by atoms with E-state index in [4.69, 9.17) is 9.97 Å². The van der Waals surface area contributed by atoms with Crippen molar-refractivity contribution in [3.63, 3.8) is 0 Å². The molecule has 2 saturated heterocycles. The van der Waals surface area contributed by atoms with Crippen LogP contribution in [0.3, 0.4) is 0 Å². The summed E-state index contributed by atoms with van der Waals surface area (Å²) in [6.07, 6.45) is 18.1. The Labute approximate surface area is 280 Å². The molecular weight excluding hydrogens is 586 g/mol. The zero-order chi connectivity index (χ0) is 32.5. The lowest BCUT2D eigenvalue weighted by molar-refractivity contribution is -0.143. The number of nitrogens with one attached hydrogen (secondary N) is 1. The van der Waals surface area contributed by atoms with Crippen molar-refractivity contribution in [2.24, 2.45) is 18.9 Å². The van der Waals surface area contributed by atoms with Crippen LogP contribution < -0.4 is 10.2 Å². The van der Waals surface area contributed by atoms with Crippen molar-refractivity contribution in [3.8, 4) is 0 Å². The Bertz CT molecular complexity index is 1500. The van der Waals surface area contributed by atoms with E-state index in [2.05, 4.69) is 70.7 Å². The molecule has 2 bridgehead atoms. The highest BCUT2D eigenvalue weighted by Gasteiger charge is 2.39. The van der Waals surface area contributed by atoms with Crippen molar-refractivity contribution in [1.82, 2.24) is 24.6 Å². The Balaban J connectivity index is 1.22. The summed E-state index contributed by atoms with van der Waals surface area (Å²) in [5.41, 5.74) is 5.02. The number of benzene rings is 1. The monoisotopic (exact) mass is 639 g/mol. The highest BCUT2D eigenvalue weighted by Crippen LogP contribution is 2.41. The van der Waals surface area contributed by atoms with Crippen LogP contribution in [0.15, 0.2) is 42.7 Å². The minimum atomic E-state index is -0.645. The lowest BCUT2D eigenvalue weighted by Crippen LogP contribution is -2.43. The van der Waals surface area contributed by atoms with Crippen LogP contribution >= 0.6 is 0 Å². The van der Waals surface area contributed by atoms with Crippen molar-refractivity contribution in [1.29, 1.82) is 0 Å². The third-order valence-corrected chi connectivity index (χ3v) is 12.1. The smallest absolute Gasteiger partial charge is 0.306 e. The Hall–Kier alpha value is -3.46. The number of aromatic nitrogens is 4. The number of fused-ring (bicyclic) bond motifs is 3. The average molecular weight is 640 g/mol. The van der Waals surface area contributed by atoms with Gasteiger partial charge in [0.25, 0.3) is 0 Å². The molecule has 2 aliphatic carbocycles. The number of nitrogens with zero attached hydrogens (tertiary/aromatic N) is 6. The number of anilines is 2. The predicted octanol–water partition coefficient (Wildman–Crippen LogP) is 6.76. The number of aryl methyl sites for hydroxylation is 2. The minimum Gasteiger partial charge on any atom is -0.481 e. The summed E-state index contributed by atoms with van der Waals surface area (Å²) in [5.74, 6) is 1.80. The lowest BCUT2D eigenvalue weighted by atomic mass is 9.77. The summed E-state index contributed by atoms with van der Waals surface area (Å²) in [6.45, 7) is 3.20. The van der Waals surface area contributed by atoms with E-state index in [9.17, 15) is 9.90 Å². The van der Waals surface area contributed by atoms with Crippen LogP contribution in [0.5, 0.6) is 0 Å². The van der Waals surface area contributed by atoms with Gasteiger partial charge >= 0.3 is 5.97 Å². The molecule has 1 aromatic carbocycles. The summed E-state index contributed by atoms with van der Waals surface area (Å²) in [6, 6.07) is 12.6. The van der Waals surface area contributed by atoms with Gasteiger partial charge in [-0.25, -0.2) is 4.98 Å². The number of aliphatic carboxylic acids is 1. The summed E-state index contributed by atoms with van der Waals surface area (Å²) >= 11 is 0. The number of rotatable bonds is 11. The zero-order valence-electron chi connectivity index (χ0n) is 28.5. The minimum absolute atomic E-state index is 0.0763. The van der Waals surface area contributed by atoms with Crippen molar-refractivity contribution < 1.29 is 9.90 Å². The van der Waals surface area contributed by atoms with Gasteiger partial charge in [-0.2, -0.15) is 10.1 Å². The highest BCUT2D eigenvalue weighted by atomic mass is 16.4. The molecule has 3 fully saturated rings. The van der Waals surface area contributed by atoms with Gasteiger partial charge in [0.1, 0.15) is 5.82 Å². The molecule has 47 heavy (non-hydrogen) atoms. The molecule has 0 amide bonds. The number of hydrogen-bond acceptors (Lipinski definition) is 7. The van der Waals surface area contributed by atoms with Gasteiger partial charge < -0.3 is 15.3 Å². The fraction of sp³-hybridized carbons (Fsp3) is 0.632. The average Bonchev–Trinajstić information content (AvgIpc) is 3.61. The molecule has 4 heterocycles. The first-order valence-corrected chi connectivity index (χ1v) is 18.3. The van der Waals surface area contributed by atoms with Gasteiger partial charge in [0.2, 0.25) is 5.95 Å². The maximum Gasteiger partial charge on any atom is 0.306 e. The molecule has 9 heteroatoms. The van der Waals surface area contributed by atoms with E-state index in [0.717, 1.165) is 69.7 Å². The van der Waals surface area contributed by atoms with E-state index in [1.165, 1.54) is 54.5 Å². The fourth-order valence-electron chi connectivity index (χ4n) is 9.46. The van der Waals surface area contributed by atoms with Gasteiger partial charge in [-0.3, -0.25) is 14.4 Å². The van der Waals surface area contributed by atoms with E-state index in [0.29, 0.717) is 23.9 Å². The van der Waals surface area contributed by atoms with E-state index in [1.54, 1.807) is 0 Å². The molecule has 2 unspecified atom stereocenters. The highest BCUT2D eigenvalue weighted by molar-refractivity contribution is 5.70. The maximum absolute atomic E-state index is 11.7. The molecule has 7 rings (SSSR count). The quantitative estimate of drug-likeness (QED) is 0.238. The molecule has 0 spiro atoms. The molecule has 2 aliphatic heterocycles. The number of carboxylic acid groups (broad SMARTS) is 1. The lowest BCUT2D eigenvalue weighted by Gasteiger charge is -2.39. The molecule has 2 aromatic heterocycles. The van der Waals surface area contributed by atoms with Crippen LogP contribution in [0, 0.1) is 11.8 Å². The first-order chi connectivity index (χ1) is 22.9. The Kier molecular flexibility index (Phi) is 9.53. The molecule has 1 saturated carbocycles. The molecule has 0 radical (unpaired) electrons. The summed E-state index contributed by atoms with van der Waals surface area (Å²) in [7, 11) is 4.16. The maximum atomic E-state index is 11.7. The number of piperidine rings is 1. The van der Waals surface area contributed by atoms with Crippen LogP contribution in [-0.2, 0) is 24.7 Å². The second-order valence-corrected chi connectivity index (χ2v) is 14.8. The van der Waals surface area contributed by atoms with E-state index < -0.39 is 5.97 Å². The van der Waals surface area contributed by atoms with Crippen LogP contribution in [0.1, 0.15) is 112 Å². The molecular formula is C38H53N7O2. The van der Waals surface area contributed by atoms with Crippen molar-refractivity contribution in [3.05, 3.63) is 65.1 Å². The van der Waals surface area contributed by atoms with Gasteiger partial charge in [-0.05, 0) is 94.4 Å². The Morgan fingerprint density at radius 1 is 1.02 bits per heavy atom. The van der Waals surface area contributed by atoms with Gasteiger partial charge in [0.05, 0.1) is 23.9 Å². The van der Waals surface area contributed by atoms with E-state index >= 15 is 0 Å². The first kappa shape index (κ1) is 32.1. The van der Waals surface area contributed by atoms with Crippen LogP contribution in [0.4, 0.5) is 11.8 Å². The Morgan fingerprint density at radius 2 is 1.77 bits per heavy atom. The summed E-state index contributed by atoms with van der Waals surface area (Å²) in [4.78, 5) is 27.4. The molecule has 2 N–H and O–H groups in total. The van der Waals surface area contributed by atoms with Crippen LogP contribution in [0.25, 0.3) is 0 Å². The topological polar surface area (TPSA) is 99.4 Å². The van der Waals surface area contributed by atoms with Gasteiger partial charge in [-0.15, -0.1) is 0 Å². The first-order valence-electron chi connectivity index (χ1n) is 18.3. The third kappa shape index (κ3) is 6.78. The predicted molar refractivity (Wildman–Crippen MR) is 186 cm³/mol. The van der Waals surface area contributed by atoms with Crippen molar-refractivity contribution in [2.45, 2.75) is 120 Å². The van der Waals surface area contributed by atoms with Crippen LogP contribution in [-0.4, -0.2) is 67.4 Å². The number of hydrogen-bond donors (Lipinski definition) is 2. The Morgan fingerprint density at radius 3 is 2.43 bits per heavy atom. The molecule has 252 valence electrons. The standard InChI is InChI=1S/C38H53N7O2/c1-4-35(26-13-15-27(16-14-26)37(46)47)44(3)38-41-33-20-17-28(25-9-6-5-7-10-25)21-32(33)36(42-38)40-34(29-22-39-43(2)23-29)24-45-30-11-8-12-31(45)19-18-30/h5-7,9-10,22-23,26-28,30-31,34-35H,4,8,11-21,24H2,1-3H3,(H,46,47)(H,40,41,42)/t26?,27?,28-,30?,31?,34+,35-/m1/s1. The molecule has 3 aromatic rings. The summed E-state index contributed by atoms with van der Waals surface area (Å²) < 4.78 is 1.92. The zero-order valence-corrected chi connectivity index (χ0v) is 28.5. The van der Waals surface area contributed by atoms with E-state index in [1.807, 2.05) is 17.9 Å². The second-order valence-electron chi connectivity index (χ2n) is 14.8. The van der Waals surface area contributed by atoms with Crippen molar-refractivity contribution >= 4 is 17.7 Å². The SMILES string of the molecule is CC[C@H](C1CCC(C(=O)O)CC1)N(C)c1nc2c(c(N[C@@H](CN3C4CCCC3CC4)c3cnn(C)c3)n1)C[C@H](c1ccccc1)CC2. The normalized spacial score (nSPS) is 27.2. The summed E-state index contributed by atoms with van der Waals surface area (Å²) in [5, 5.41) is 18.2. The van der Waals surface area contributed by atoms with Gasteiger partial charge in [-0.1, -0.05) is 43.7 Å². The second kappa shape index (κ2) is 14.0. The molecule has 9 nitrogen and oxygen atoms in total.